The van der Waals surface area contributed by atoms with Gasteiger partial charge in [0.05, 0.1) is 18.6 Å². The van der Waals surface area contributed by atoms with E-state index in [1.165, 1.54) is 29.9 Å². The second-order valence-corrected chi connectivity index (χ2v) is 12.7. The number of fused-ring (bicyclic) bond motifs is 3. The number of nitrogens with two attached hydrogens (primary N) is 1. The van der Waals surface area contributed by atoms with Crippen LogP contribution in [-0.2, 0) is 17.8 Å². The SMILES string of the molecule is Cc1c(-c2ccc(N3CCN4CCC3C4)cc2)cc(C(F)F)c(C=NC(C(=O)Nc2nccs2)c2ncn3c2C[C@@H](F)C3)c1N. The van der Waals surface area contributed by atoms with Crippen molar-refractivity contribution in [3.63, 3.8) is 0 Å². The first-order valence-electron chi connectivity index (χ1n) is 15.0. The number of thiazole rings is 1. The molecule has 7 rings (SSSR count). The summed E-state index contributed by atoms with van der Waals surface area (Å²) in [6.07, 6.45) is 1.51. The Bertz CT molecular complexity index is 1740. The first-order valence-corrected chi connectivity index (χ1v) is 15.9. The summed E-state index contributed by atoms with van der Waals surface area (Å²) < 4.78 is 45.0. The van der Waals surface area contributed by atoms with Crippen LogP contribution in [-0.4, -0.2) is 69.9 Å². The van der Waals surface area contributed by atoms with E-state index in [1.807, 2.05) is 24.3 Å². The molecule has 9 nitrogen and oxygen atoms in total. The van der Waals surface area contributed by atoms with Crippen molar-refractivity contribution in [2.75, 3.05) is 42.1 Å². The van der Waals surface area contributed by atoms with Crippen LogP contribution in [0, 0.1) is 6.92 Å². The van der Waals surface area contributed by atoms with E-state index in [4.69, 9.17) is 5.73 Å². The number of amides is 1. The highest BCUT2D eigenvalue weighted by Crippen LogP contribution is 2.38. The van der Waals surface area contributed by atoms with Crippen molar-refractivity contribution in [1.82, 2.24) is 19.4 Å². The zero-order chi connectivity index (χ0) is 31.2. The maximum absolute atomic E-state index is 14.6. The van der Waals surface area contributed by atoms with Crippen molar-refractivity contribution in [3.05, 3.63) is 76.3 Å². The molecule has 2 fully saturated rings. The first kappa shape index (κ1) is 29.5. The molecule has 0 radical (unpaired) electrons. The van der Waals surface area contributed by atoms with E-state index in [-0.39, 0.29) is 35.5 Å². The summed E-state index contributed by atoms with van der Waals surface area (Å²) in [4.78, 5) is 31.3. The fraction of sp³-hybridized carbons (Fsp3) is 0.375. The molecule has 3 aliphatic rings. The molecule has 13 heteroatoms. The van der Waals surface area contributed by atoms with Crippen molar-refractivity contribution in [1.29, 1.82) is 0 Å². The molecule has 0 aliphatic carbocycles. The average molecular weight is 635 g/mol. The number of rotatable bonds is 8. The van der Waals surface area contributed by atoms with E-state index < -0.39 is 24.5 Å². The van der Waals surface area contributed by atoms with Gasteiger partial charge < -0.3 is 15.2 Å². The number of halogens is 3. The highest BCUT2D eigenvalue weighted by atomic mass is 32.1. The van der Waals surface area contributed by atoms with Gasteiger partial charge in [-0.25, -0.2) is 23.1 Å². The van der Waals surface area contributed by atoms with Crippen LogP contribution in [0.4, 0.5) is 29.7 Å². The van der Waals surface area contributed by atoms with Crippen LogP contribution in [0.15, 0.2) is 53.2 Å². The standard InChI is InChI=1S/C32H33F3N8OS/c1-18-23(19-2-4-21(5-3-19)43-10-9-41-8-6-22(43)16-41)13-24(30(34)35)25(27(18)36)14-38-29(31(44)40-32-37-7-11-45-32)28-26-12-20(33)15-42(26)17-39-28/h2-5,7,11,13-14,17,20,22,29-30H,6,8-10,12,15-16,36H2,1H3,(H,37,40,44)/t20-,22?,29?/m1/s1. The molecule has 234 valence electrons. The number of piperazine rings is 1. The van der Waals surface area contributed by atoms with E-state index in [1.54, 1.807) is 23.1 Å². The molecule has 3 N–H and O–H groups in total. The van der Waals surface area contributed by atoms with E-state index >= 15 is 0 Å². The number of carbonyl (C=O) groups is 1. The van der Waals surface area contributed by atoms with Gasteiger partial charge in [0.2, 0.25) is 0 Å². The third-order valence-corrected chi connectivity index (χ3v) is 9.80. The van der Waals surface area contributed by atoms with Gasteiger partial charge in [-0.1, -0.05) is 12.1 Å². The Morgan fingerprint density at radius 3 is 2.76 bits per heavy atom. The Balaban J connectivity index is 1.22. The van der Waals surface area contributed by atoms with E-state index in [0.717, 1.165) is 43.9 Å². The zero-order valence-electron chi connectivity index (χ0n) is 24.7. The summed E-state index contributed by atoms with van der Waals surface area (Å²) >= 11 is 1.22. The lowest BCUT2D eigenvalue weighted by Crippen LogP contribution is -2.46. The summed E-state index contributed by atoms with van der Waals surface area (Å²) in [5.41, 5.74) is 10.4. The highest BCUT2D eigenvalue weighted by Gasteiger charge is 2.33. The quantitative estimate of drug-likeness (QED) is 0.198. The fourth-order valence-corrected chi connectivity index (χ4v) is 7.26. The van der Waals surface area contributed by atoms with Crippen molar-refractivity contribution < 1.29 is 18.0 Å². The van der Waals surface area contributed by atoms with Gasteiger partial charge in [-0.05, 0) is 48.2 Å². The smallest absolute Gasteiger partial charge is 0.264 e. The number of carbonyl (C=O) groups excluding carboxylic acids is 1. The van der Waals surface area contributed by atoms with Crippen LogP contribution >= 0.6 is 11.3 Å². The minimum atomic E-state index is -2.85. The van der Waals surface area contributed by atoms with Gasteiger partial charge >= 0.3 is 0 Å². The molecular formula is C32H33F3N8OS. The van der Waals surface area contributed by atoms with Crippen LogP contribution in [0.25, 0.3) is 11.1 Å². The summed E-state index contributed by atoms with van der Waals surface area (Å²) in [7, 11) is 0. The minimum Gasteiger partial charge on any atom is -0.398 e. The Morgan fingerprint density at radius 2 is 2.00 bits per heavy atom. The lowest BCUT2D eigenvalue weighted by molar-refractivity contribution is -0.117. The molecule has 3 unspecified atom stereocenters. The van der Waals surface area contributed by atoms with Crippen LogP contribution in [0.1, 0.15) is 47.0 Å². The van der Waals surface area contributed by atoms with Gasteiger partial charge in [0, 0.05) is 84.6 Å². The highest BCUT2D eigenvalue weighted by molar-refractivity contribution is 7.13. The van der Waals surface area contributed by atoms with Crippen LogP contribution < -0.4 is 16.0 Å². The average Bonchev–Trinajstić information content (AvgIpc) is 3.83. The minimum absolute atomic E-state index is 0.0354. The van der Waals surface area contributed by atoms with Gasteiger partial charge in [-0.3, -0.25) is 20.0 Å². The van der Waals surface area contributed by atoms with Crippen molar-refractivity contribution >= 4 is 40.0 Å². The van der Waals surface area contributed by atoms with E-state index in [0.29, 0.717) is 28.0 Å². The fourth-order valence-electron chi connectivity index (χ4n) is 6.73. The molecule has 5 heterocycles. The number of benzene rings is 2. The number of alkyl halides is 3. The summed E-state index contributed by atoms with van der Waals surface area (Å²) in [5.74, 6) is -0.561. The van der Waals surface area contributed by atoms with Crippen LogP contribution in [0.2, 0.25) is 0 Å². The van der Waals surface area contributed by atoms with Gasteiger partial charge in [-0.15, -0.1) is 11.3 Å². The number of nitrogen functional groups attached to an aromatic ring is 1. The molecule has 2 aromatic carbocycles. The summed E-state index contributed by atoms with van der Waals surface area (Å²) in [6, 6.07) is 8.74. The van der Waals surface area contributed by atoms with Crippen molar-refractivity contribution in [3.8, 4) is 11.1 Å². The lowest BCUT2D eigenvalue weighted by atomic mass is 9.92. The largest absolute Gasteiger partial charge is 0.398 e. The zero-order valence-corrected chi connectivity index (χ0v) is 25.5. The molecule has 2 bridgehead atoms. The number of hydrogen-bond donors (Lipinski definition) is 2. The van der Waals surface area contributed by atoms with Gasteiger partial charge in [0.15, 0.2) is 11.2 Å². The summed E-state index contributed by atoms with van der Waals surface area (Å²) in [5, 5.41) is 4.76. The van der Waals surface area contributed by atoms with Crippen molar-refractivity contribution in [2.24, 2.45) is 4.99 Å². The Hall–Kier alpha value is -4.23. The summed E-state index contributed by atoms with van der Waals surface area (Å²) in [6.45, 7) is 6.14. The van der Waals surface area contributed by atoms with Gasteiger partial charge in [0.25, 0.3) is 12.3 Å². The Morgan fingerprint density at radius 1 is 1.18 bits per heavy atom. The molecular weight excluding hydrogens is 601 g/mol. The van der Waals surface area contributed by atoms with Crippen LogP contribution in [0.3, 0.4) is 0 Å². The monoisotopic (exact) mass is 634 g/mol. The maximum atomic E-state index is 14.6. The Kier molecular flexibility index (Phi) is 7.82. The normalized spacial score (nSPS) is 21.5. The Labute approximate surface area is 262 Å². The third-order valence-electron chi connectivity index (χ3n) is 9.11. The third kappa shape index (κ3) is 5.59. The van der Waals surface area contributed by atoms with Gasteiger partial charge in [-0.2, -0.15) is 0 Å². The second-order valence-electron chi connectivity index (χ2n) is 11.8. The van der Waals surface area contributed by atoms with Gasteiger partial charge in [0.1, 0.15) is 6.17 Å². The molecule has 45 heavy (non-hydrogen) atoms. The number of imidazole rings is 1. The molecule has 2 saturated heterocycles. The molecule has 0 saturated carbocycles. The molecule has 3 aliphatic heterocycles. The lowest BCUT2D eigenvalue weighted by Gasteiger charge is -2.36. The number of aliphatic imine (C=N–C) groups is 1. The predicted octanol–water partition coefficient (Wildman–Crippen LogP) is 5.42. The topological polar surface area (TPSA) is 105 Å². The number of nitrogens with one attached hydrogen (secondary N) is 1. The first-order chi connectivity index (χ1) is 21.8. The molecule has 1 amide bonds. The van der Waals surface area contributed by atoms with Crippen LogP contribution in [0.5, 0.6) is 0 Å². The molecule has 2 aromatic heterocycles. The number of nitrogens with zero attached hydrogens (tertiary/aromatic N) is 6. The molecule has 4 atom stereocenters. The predicted molar refractivity (Wildman–Crippen MR) is 170 cm³/mol. The number of hydrogen-bond acceptors (Lipinski definition) is 8. The van der Waals surface area contributed by atoms with E-state index in [9.17, 15) is 18.0 Å². The number of anilines is 3. The van der Waals surface area contributed by atoms with Crippen molar-refractivity contribution in [2.45, 2.75) is 51.0 Å². The molecule has 4 aromatic rings. The maximum Gasteiger partial charge on any atom is 0.264 e. The molecule has 0 spiro atoms. The second kappa shape index (κ2) is 11.9. The number of aromatic nitrogens is 3. The van der Waals surface area contributed by atoms with E-state index in [2.05, 4.69) is 30.1 Å².